The van der Waals surface area contributed by atoms with Crippen LogP contribution < -0.4 is 11.1 Å². The van der Waals surface area contributed by atoms with Crippen LogP contribution in [-0.2, 0) is 4.79 Å². The van der Waals surface area contributed by atoms with Crippen molar-refractivity contribution in [3.05, 3.63) is 23.2 Å². The summed E-state index contributed by atoms with van der Waals surface area (Å²) >= 11 is 5.92. The predicted molar refractivity (Wildman–Crippen MR) is 88.6 cm³/mol. The number of nitrogens with zero attached hydrogens (tertiary/aromatic N) is 1. The van der Waals surface area contributed by atoms with Crippen LogP contribution in [0.15, 0.2) is 18.2 Å². The monoisotopic (exact) mass is 309 g/mol. The number of nitrogens with two attached hydrogens (primary N) is 1. The van der Waals surface area contributed by atoms with E-state index in [2.05, 4.69) is 17.1 Å². The normalized spacial score (nSPS) is 19.4. The fourth-order valence-electron chi connectivity index (χ4n) is 2.91. The Kier molecular flexibility index (Phi) is 5.88. The Morgan fingerprint density at radius 2 is 2.29 bits per heavy atom. The first-order valence-electron chi connectivity index (χ1n) is 7.69. The second-order valence-corrected chi connectivity index (χ2v) is 6.06. The number of anilines is 2. The van der Waals surface area contributed by atoms with Crippen molar-refractivity contribution in [2.24, 2.45) is 0 Å². The summed E-state index contributed by atoms with van der Waals surface area (Å²) in [5.41, 5.74) is 6.97. The van der Waals surface area contributed by atoms with E-state index in [0.717, 1.165) is 19.5 Å². The van der Waals surface area contributed by atoms with Crippen LogP contribution in [0.25, 0.3) is 0 Å². The number of hydrogen-bond donors (Lipinski definition) is 2. The number of likely N-dealkylation sites (tertiary alicyclic amines) is 1. The van der Waals surface area contributed by atoms with Crippen molar-refractivity contribution >= 4 is 28.9 Å². The fraction of sp³-hybridized carbons (Fsp3) is 0.562. The highest BCUT2D eigenvalue weighted by Gasteiger charge is 2.21. The summed E-state index contributed by atoms with van der Waals surface area (Å²) in [5, 5.41) is 3.42. The zero-order valence-electron chi connectivity index (χ0n) is 12.6. The van der Waals surface area contributed by atoms with E-state index in [1.165, 1.54) is 19.3 Å². The van der Waals surface area contributed by atoms with Gasteiger partial charge in [-0.25, -0.2) is 0 Å². The molecule has 3 N–H and O–H groups in total. The molecule has 1 aromatic carbocycles. The standard InChI is InChI=1S/C16H24ClN3O/c1-2-13-5-3-4-9-20(13)10-8-16(21)19-15-11-12(17)6-7-14(15)18/h6-7,11,13H,2-5,8-10,18H2,1H3,(H,19,21). The summed E-state index contributed by atoms with van der Waals surface area (Å²) < 4.78 is 0. The summed E-state index contributed by atoms with van der Waals surface area (Å²) in [4.78, 5) is 14.5. The Morgan fingerprint density at radius 3 is 3.05 bits per heavy atom. The lowest BCUT2D eigenvalue weighted by molar-refractivity contribution is -0.116. The van der Waals surface area contributed by atoms with E-state index in [1.54, 1.807) is 18.2 Å². The van der Waals surface area contributed by atoms with E-state index in [1.807, 2.05) is 0 Å². The summed E-state index contributed by atoms with van der Waals surface area (Å²) in [6.45, 7) is 4.13. The van der Waals surface area contributed by atoms with E-state index in [-0.39, 0.29) is 5.91 Å². The van der Waals surface area contributed by atoms with Gasteiger partial charge in [-0.15, -0.1) is 0 Å². The SMILES string of the molecule is CCC1CCCCN1CCC(=O)Nc1cc(Cl)ccc1N. The van der Waals surface area contributed by atoms with Gasteiger partial charge in [-0.2, -0.15) is 0 Å². The van der Waals surface area contributed by atoms with E-state index < -0.39 is 0 Å². The number of rotatable bonds is 5. The van der Waals surface area contributed by atoms with Crippen LogP contribution in [0, 0.1) is 0 Å². The van der Waals surface area contributed by atoms with Crippen LogP contribution in [0.3, 0.4) is 0 Å². The van der Waals surface area contributed by atoms with E-state index in [9.17, 15) is 4.79 Å². The van der Waals surface area contributed by atoms with Gasteiger partial charge in [0.1, 0.15) is 0 Å². The average molecular weight is 310 g/mol. The number of benzene rings is 1. The molecule has 1 aliphatic heterocycles. The maximum atomic E-state index is 12.1. The van der Waals surface area contributed by atoms with Gasteiger partial charge in [-0.05, 0) is 44.0 Å². The number of halogens is 1. The van der Waals surface area contributed by atoms with Crippen LogP contribution in [0.4, 0.5) is 11.4 Å². The lowest BCUT2D eigenvalue weighted by Gasteiger charge is -2.35. The Labute approximate surface area is 131 Å². The number of nitrogen functional groups attached to an aromatic ring is 1. The minimum absolute atomic E-state index is 0.00982. The molecule has 1 atom stereocenters. The molecule has 1 aliphatic rings. The maximum Gasteiger partial charge on any atom is 0.225 e. The van der Waals surface area contributed by atoms with Crippen molar-refractivity contribution in [1.82, 2.24) is 4.90 Å². The third kappa shape index (κ3) is 4.61. The Morgan fingerprint density at radius 1 is 1.48 bits per heavy atom. The minimum atomic E-state index is -0.00982. The maximum absolute atomic E-state index is 12.1. The number of amides is 1. The first-order valence-corrected chi connectivity index (χ1v) is 8.07. The van der Waals surface area contributed by atoms with Crippen LogP contribution in [0.2, 0.25) is 5.02 Å². The Hall–Kier alpha value is -1.26. The van der Waals surface area contributed by atoms with E-state index in [4.69, 9.17) is 17.3 Å². The van der Waals surface area contributed by atoms with Crippen LogP contribution in [0.5, 0.6) is 0 Å². The molecule has 0 spiro atoms. The van der Waals surface area contributed by atoms with Gasteiger partial charge >= 0.3 is 0 Å². The van der Waals surface area contributed by atoms with Crippen molar-refractivity contribution < 1.29 is 4.79 Å². The summed E-state index contributed by atoms with van der Waals surface area (Å²) in [6.07, 6.45) is 5.43. The Balaban J connectivity index is 1.85. The molecule has 0 saturated carbocycles. The van der Waals surface area contributed by atoms with Gasteiger partial charge in [-0.1, -0.05) is 24.9 Å². The molecule has 1 saturated heterocycles. The summed E-state index contributed by atoms with van der Waals surface area (Å²) in [5.74, 6) is -0.00982. The third-order valence-electron chi connectivity index (χ3n) is 4.14. The van der Waals surface area contributed by atoms with Gasteiger partial charge in [0.05, 0.1) is 11.4 Å². The molecule has 5 heteroatoms. The molecule has 0 radical (unpaired) electrons. The fourth-order valence-corrected chi connectivity index (χ4v) is 3.08. The van der Waals surface area contributed by atoms with E-state index in [0.29, 0.717) is 28.9 Å². The average Bonchev–Trinajstić information content (AvgIpc) is 2.49. The highest BCUT2D eigenvalue weighted by atomic mass is 35.5. The molecular weight excluding hydrogens is 286 g/mol. The molecule has 0 aromatic heterocycles. The van der Waals surface area contributed by atoms with Crippen molar-refractivity contribution in [2.75, 3.05) is 24.1 Å². The first kappa shape index (κ1) is 16.1. The quantitative estimate of drug-likeness (QED) is 0.818. The lowest BCUT2D eigenvalue weighted by Crippen LogP contribution is -2.40. The zero-order chi connectivity index (χ0) is 15.2. The molecule has 1 fully saturated rings. The van der Waals surface area contributed by atoms with Crippen molar-refractivity contribution in [2.45, 2.75) is 45.1 Å². The Bertz CT molecular complexity index is 492. The minimum Gasteiger partial charge on any atom is -0.397 e. The molecular formula is C16H24ClN3O. The molecule has 21 heavy (non-hydrogen) atoms. The van der Waals surface area contributed by atoms with Crippen molar-refractivity contribution in [3.63, 3.8) is 0 Å². The predicted octanol–water partition coefficient (Wildman–Crippen LogP) is 3.52. The molecule has 0 bridgehead atoms. The largest absolute Gasteiger partial charge is 0.397 e. The van der Waals surface area contributed by atoms with Gasteiger partial charge < -0.3 is 11.1 Å². The van der Waals surface area contributed by atoms with Gasteiger partial charge in [0.2, 0.25) is 5.91 Å². The zero-order valence-corrected chi connectivity index (χ0v) is 13.3. The van der Waals surface area contributed by atoms with Gasteiger partial charge in [0, 0.05) is 24.0 Å². The van der Waals surface area contributed by atoms with Crippen LogP contribution >= 0.6 is 11.6 Å². The second kappa shape index (κ2) is 7.66. The van der Waals surface area contributed by atoms with Crippen molar-refractivity contribution in [3.8, 4) is 0 Å². The highest BCUT2D eigenvalue weighted by Crippen LogP contribution is 2.23. The number of carbonyl (C=O) groups excluding carboxylic acids is 1. The topological polar surface area (TPSA) is 58.4 Å². The number of piperidine rings is 1. The smallest absolute Gasteiger partial charge is 0.225 e. The van der Waals surface area contributed by atoms with Crippen LogP contribution in [0.1, 0.15) is 39.0 Å². The molecule has 1 heterocycles. The number of nitrogens with one attached hydrogen (secondary N) is 1. The highest BCUT2D eigenvalue weighted by molar-refractivity contribution is 6.31. The van der Waals surface area contributed by atoms with Gasteiger partial charge in [-0.3, -0.25) is 9.69 Å². The molecule has 0 aliphatic carbocycles. The van der Waals surface area contributed by atoms with Crippen molar-refractivity contribution in [1.29, 1.82) is 0 Å². The second-order valence-electron chi connectivity index (χ2n) is 5.62. The molecule has 1 unspecified atom stereocenters. The summed E-state index contributed by atoms with van der Waals surface area (Å²) in [6, 6.07) is 5.73. The van der Waals surface area contributed by atoms with Gasteiger partial charge in [0.25, 0.3) is 0 Å². The van der Waals surface area contributed by atoms with Crippen LogP contribution in [-0.4, -0.2) is 29.9 Å². The summed E-state index contributed by atoms with van der Waals surface area (Å²) in [7, 11) is 0. The number of hydrogen-bond acceptors (Lipinski definition) is 3. The molecule has 1 amide bonds. The van der Waals surface area contributed by atoms with Gasteiger partial charge in [0.15, 0.2) is 0 Å². The third-order valence-corrected chi connectivity index (χ3v) is 4.37. The van der Waals surface area contributed by atoms with E-state index >= 15 is 0 Å². The molecule has 4 nitrogen and oxygen atoms in total. The number of carbonyl (C=O) groups is 1. The molecule has 1 aromatic rings. The first-order chi connectivity index (χ1) is 10.1. The molecule has 2 rings (SSSR count). The lowest BCUT2D eigenvalue weighted by atomic mass is 10.00. The molecule has 116 valence electrons.